The van der Waals surface area contributed by atoms with Crippen molar-refractivity contribution in [3.63, 3.8) is 0 Å². The standard InChI is InChI=1S/C72H134O6/c1-4-7-10-13-16-19-22-25-28-31-33-34-35-36-37-38-39-42-44-47-50-53-56-59-62-65-71(74)77-68-69(67-76-70(73)64-61-58-55-52-49-46-43-40-30-27-24-21-18-15-12-9-6-3)78-72(75)66-63-60-57-54-51-48-45-41-32-29-26-23-20-17-14-11-8-5-2/h18,21,27,29-30,32,69H,4-17,19-20,22-26,28,31,33-68H2,1-3H3/b21-18-,30-27-,32-29-. The number of ether oxygens (including phenoxy) is 3. The molecule has 0 rings (SSSR count). The Morgan fingerprint density at radius 2 is 0.462 bits per heavy atom. The van der Waals surface area contributed by atoms with Crippen molar-refractivity contribution in [1.29, 1.82) is 0 Å². The van der Waals surface area contributed by atoms with Crippen LogP contribution in [-0.4, -0.2) is 37.2 Å². The highest BCUT2D eigenvalue weighted by Gasteiger charge is 2.19. The molecule has 0 radical (unpaired) electrons. The van der Waals surface area contributed by atoms with E-state index in [-0.39, 0.29) is 31.1 Å². The molecule has 78 heavy (non-hydrogen) atoms. The summed E-state index contributed by atoms with van der Waals surface area (Å²) >= 11 is 0. The maximum Gasteiger partial charge on any atom is 0.306 e. The Morgan fingerprint density at radius 3 is 0.744 bits per heavy atom. The summed E-state index contributed by atoms with van der Waals surface area (Å²) in [7, 11) is 0. The first-order valence-electron chi connectivity index (χ1n) is 35.0. The average molecular weight is 1100 g/mol. The van der Waals surface area contributed by atoms with E-state index in [2.05, 4.69) is 57.2 Å². The molecule has 0 saturated heterocycles. The third-order valence-electron chi connectivity index (χ3n) is 15.9. The van der Waals surface area contributed by atoms with Gasteiger partial charge in [-0.05, 0) is 77.0 Å². The molecule has 0 amide bonds. The predicted molar refractivity (Wildman–Crippen MR) is 339 cm³/mol. The molecule has 0 fully saturated rings. The van der Waals surface area contributed by atoms with E-state index in [1.165, 1.54) is 276 Å². The van der Waals surface area contributed by atoms with E-state index in [9.17, 15) is 14.4 Å². The predicted octanol–water partition coefficient (Wildman–Crippen LogP) is 23.9. The van der Waals surface area contributed by atoms with Crippen molar-refractivity contribution >= 4 is 17.9 Å². The fourth-order valence-corrected chi connectivity index (χ4v) is 10.6. The van der Waals surface area contributed by atoms with Gasteiger partial charge in [0.15, 0.2) is 6.10 Å². The Hall–Kier alpha value is -2.37. The average Bonchev–Trinajstić information content (AvgIpc) is 3.44. The van der Waals surface area contributed by atoms with Crippen molar-refractivity contribution < 1.29 is 28.6 Å². The van der Waals surface area contributed by atoms with Gasteiger partial charge in [0.1, 0.15) is 13.2 Å². The first-order valence-corrected chi connectivity index (χ1v) is 35.0. The fraction of sp³-hybridized carbons (Fsp3) is 0.875. The van der Waals surface area contributed by atoms with E-state index in [1.54, 1.807) is 0 Å². The molecule has 6 heteroatoms. The second kappa shape index (κ2) is 67.1. The van der Waals surface area contributed by atoms with E-state index >= 15 is 0 Å². The Kier molecular flexibility index (Phi) is 65.1. The van der Waals surface area contributed by atoms with E-state index in [0.717, 1.165) is 70.6 Å². The van der Waals surface area contributed by atoms with Crippen LogP contribution in [0.25, 0.3) is 0 Å². The first-order chi connectivity index (χ1) is 38.5. The molecule has 0 aromatic heterocycles. The lowest BCUT2D eigenvalue weighted by molar-refractivity contribution is -0.167. The van der Waals surface area contributed by atoms with E-state index in [1.807, 2.05) is 0 Å². The van der Waals surface area contributed by atoms with E-state index in [4.69, 9.17) is 14.2 Å². The third-order valence-corrected chi connectivity index (χ3v) is 15.9. The largest absolute Gasteiger partial charge is 0.462 e. The van der Waals surface area contributed by atoms with Crippen molar-refractivity contribution in [3.8, 4) is 0 Å². The minimum absolute atomic E-state index is 0.0719. The molecule has 0 N–H and O–H groups in total. The Labute approximate surface area is 486 Å². The number of unbranched alkanes of at least 4 members (excludes halogenated alkanes) is 48. The minimum Gasteiger partial charge on any atom is -0.462 e. The molecule has 458 valence electrons. The SMILES string of the molecule is CCCCC/C=C\C/C=C\CCCCCCCCCC(=O)OCC(COC(=O)CCCCCCCCCCCCCCCCCCCCCCCCCCC)OC(=O)CCCCCCCCC/C=C\CCCCCCCCC. The molecule has 0 aromatic carbocycles. The zero-order chi connectivity index (χ0) is 56.4. The summed E-state index contributed by atoms with van der Waals surface area (Å²) in [6.07, 6.45) is 83.1. The van der Waals surface area contributed by atoms with Crippen LogP contribution in [0, 0.1) is 0 Å². The van der Waals surface area contributed by atoms with Crippen LogP contribution in [0.1, 0.15) is 387 Å². The van der Waals surface area contributed by atoms with Gasteiger partial charge in [-0.3, -0.25) is 14.4 Å². The van der Waals surface area contributed by atoms with Gasteiger partial charge in [-0.1, -0.05) is 327 Å². The molecule has 0 heterocycles. The molecular formula is C72H134O6. The molecule has 1 unspecified atom stereocenters. The van der Waals surface area contributed by atoms with Crippen molar-refractivity contribution in [2.24, 2.45) is 0 Å². The normalized spacial score (nSPS) is 12.2. The van der Waals surface area contributed by atoms with Gasteiger partial charge in [0.2, 0.25) is 0 Å². The molecule has 6 nitrogen and oxygen atoms in total. The number of carbonyl (C=O) groups is 3. The quantitative estimate of drug-likeness (QED) is 0.0261. The lowest BCUT2D eigenvalue weighted by Crippen LogP contribution is -2.30. The van der Waals surface area contributed by atoms with Gasteiger partial charge in [0.25, 0.3) is 0 Å². The second-order valence-corrected chi connectivity index (χ2v) is 23.8. The fourth-order valence-electron chi connectivity index (χ4n) is 10.6. The van der Waals surface area contributed by atoms with Crippen molar-refractivity contribution in [2.75, 3.05) is 13.2 Å². The summed E-state index contributed by atoms with van der Waals surface area (Å²) < 4.78 is 17.0. The summed E-state index contributed by atoms with van der Waals surface area (Å²) in [6.45, 7) is 6.68. The minimum atomic E-state index is -0.777. The topological polar surface area (TPSA) is 78.9 Å². The monoisotopic (exact) mass is 1100 g/mol. The van der Waals surface area contributed by atoms with Crippen LogP contribution < -0.4 is 0 Å². The summed E-state index contributed by atoms with van der Waals surface area (Å²) in [5, 5.41) is 0. The van der Waals surface area contributed by atoms with Gasteiger partial charge >= 0.3 is 17.9 Å². The number of allylic oxidation sites excluding steroid dienone is 6. The van der Waals surface area contributed by atoms with Crippen molar-refractivity contribution in [3.05, 3.63) is 36.5 Å². The van der Waals surface area contributed by atoms with Gasteiger partial charge < -0.3 is 14.2 Å². The third kappa shape index (κ3) is 64.5. The van der Waals surface area contributed by atoms with Crippen molar-refractivity contribution in [1.82, 2.24) is 0 Å². The zero-order valence-corrected chi connectivity index (χ0v) is 52.7. The lowest BCUT2D eigenvalue weighted by atomic mass is 10.0. The Morgan fingerprint density at radius 1 is 0.256 bits per heavy atom. The highest BCUT2D eigenvalue weighted by atomic mass is 16.6. The molecule has 0 aromatic rings. The molecular weight excluding hydrogens is 961 g/mol. The molecule has 0 saturated carbocycles. The van der Waals surface area contributed by atoms with Gasteiger partial charge in [0.05, 0.1) is 0 Å². The Bertz CT molecular complexity index is 1300. The highest BCUT2D eigenvalue weighted by Crippen LogP contribution is 2.18. The number of carbonyl (C=O) groups excluding carboxylic acids is 3. The molecule has 0 bridgehead atoms. The molecule has 0 spiro atoms. The van der Waals surface area contributed by atoms with Gasteiger partial charge in [-0.25, -0.2) is 0 Å². The smallest absolute Gasteiger partial charge is 0.306 e. The molecule has 0 aliphatic carbocycles. The van der Waals surface area contributed by atoms with Gasteiger partial charge in [-0.15, -0.1) is 0 Å². The van der Waals surface area contributed by atoms with Gasteiger partial charge in [0, 0.05) is 19.3 Å². The summed E-state index contributed by atoms with van der Waals surface area (Å²) in [6, 6.07) is 0. The summed E-state index contributed by atoms with van der Waals surface area (Å²) in [5.74, 6) is -0.856. The first kappa shape index (κ1) is 75.6. The molecule has 1 atom stereocenters. The maximum absolute atomic E-state index is 12.9. The number of rotatable bonds is 65. The highest BCUT2D eigenvalue weighted by molar-refractivity contribution is 5.71. The molecule has 0 aliphatic rings. The summed E-state index contributed by atoms with van der Waals surface area (Å²) in [5.41, 5.74) is 0. The van der Waals surface area contributed by atoms with E-state index < -0.39 is 6.10 Å². The number of hydrogen-bond acceptors (Lipinski definition) is 6. The van der Waals surface area contributed by atoms with Crippen LogP contribution in [-0.2, 0) is 28.6 Å². The molecule has 0 aliphatic heterocycles. The van der Waals surface area contributed by atoms with Crippen LogP contribution in [0.5, 0.6) is 0 Å². The van der Waals surface area contributed by atoms with Crippen LogP contribution in [0.2, 0.25) is 0 Å². The van der Waals surface area contributed by atoms with Crippen LogP contribution >= 0.6 is 0 Å². The zero-order valence-electron chi connectivity index (χ0n) is 52.7. The Balaban J connectivity index is 4.28. The second-order valence-electron chi connectivity index (χ2n) is 23.8. The van der Waals surface area contributed by atoms with E-state index in [0.29, 0.717) is 19.3 Å². The van der Waals surface area contributed by atoms with Crippen molar-refractivity contribution in [2.45, 2.75) is 393 Å². The van der Waals surface area contributed by atoms with Gasteiger partial charge in [-0.2, -0.15) is 0 Å². The maximum atomic E-state index is 12.9. The summed E-state index contributed by atoms with van der Waals surface area (Å²) in [4.78, 5) is 38.4. The number of esters is 3. The lowest BCUT2D eigenvalue weighted by Gasteiger charge is -2.18. The number of hydrogen-bond donors (Lipinski definition) is 0. The van der Waals surface area contributed by atoms with Crippen LogP contribution in [0.3, 0.4) is 0 Å². The van der Waals surface area contributed by atoms with Crippen LogP contribution in [0.4, 0.5) is 0 Å². The van der Waals surface area contributed by atoms with Crippen LogP contribution in [0.15, 0.2) is 36.5 Å².